The summed E-state index contributed by atoms with van der Waals surface area (Å²) >= 11 is 5.91. The summed E-state index contributed by atoms with van der Waals surface area (Å²) in [5.41, 5.74) is 6.36. The van der Waals surface area contributed by atoms with Gasteiger partial charge < -0.3 is 15.2 Å². The molecule has 0 heterocycles. The molecule has 1 aliphatic rings. The first-order valence-corrected chi connectivity index (χ1v) is 6.79. The molecule has 2 N–H and O–H groups in total. The van der Waals surface area contributed by atoms with E-state index in [1.165, 1.54) is 38.5 Å². The van der Waals surface area contributed by atoms with E-state index < -0.39 is 5.97 Å². The number of esters is 1. The molecule has 0 saturated heterocycles. The van der Waals surface area contributed by atoms with E-state index in [-0.39, 0.29) is 0 Å². The number of carbonyl (C=O) groups excluding carboxylic acids is 1. The number of nitrogen functional groups attached to an aromatic ring is 1. The zero-order valence-corrected chi connectivity index (χ0v) is 11.7. The summed E-state index contributed by atoms with van der Waals surface area (Å²) in [5, 5.41) is 0.326. The second-order valence-electron chi connectivity index (χ2n) is 4.80. The molecule has 1 saturated carbocycles. The highest BCUT2D eigenvalue weighted by Crippen LogP contribution is 2.31. The van der Waals surface area contributed by atoms with Gasteiger partial charge in [0, 0.05) is 6.07 Å². The van der Waals surface area contributed by atoms with Crippen LogP contribution >= 0.6 is 11.6 Å². The maximum Gasteiger partial charge on any atom is 0.341 e. The van der Waals surface area contributed by atoms with Gasteiger partial charge in [-0.25, -0.2) is 4.79 Å². The fraction of sp³-hybridized carbons (Fsp3) is 0.500. The van der Waals surface area contributed by atoms with Crippen molar-refractivity contribution in [2.45, 2.75) is 25.7 Å². The molecule has 5 heteroatoms. The lowest BCUT2D eigenvalue weighted by Crippen LogP contribution is -2.16. The van der Waals surface area contributed by atoms with Crippen molar-refractivity contribution < 1.29 is 14.3 Å². The van der Waals surface area contributed by atoms with Gasteiger partial charge in [0.2, 0.25) is 0 Å². The Balaban J connectivity index is 1.98. The predicted octanol–water partition coefficient (Wildman–Crippen LogP) is 3.28. The van der Waals surface area contributed by atoms with Gasteiger partial charge in [-0.3, -0.25) is 0 Å². The summed E-state index contributed by atoms with van der Waals surface area (Å²) in [6.07, 6.45) is 4.71. The van der Waals surface area contributed by atoms with Crippen molar-refractivity contribution in [3.8, 4) is 5.75 Å². The first-order chi connectivity index (χ1) is 9.11. The van der Waals surface area contributed by atoms with Crippen molar-refractivity contribution in [1.82, 2.24) is 0 Å². The standard InChI is InChI=1S/C14H18ClNO3/c1-18-13-8-12(16)11(15)7-10(13)14(17)19-6-5-9-3-2-4-9/h7-9H,2-6,16H2,1H3. The van der Waals surface area contributed by atoms with Crippen molar-refractivity contribution in [1.29, 1.82) is 0 Å². The molecular formula is C14H18ClNO3. The molecule has 1 aromatic carbocycles. The minimum Gasteiger partial charge on any atom is -0.496 e. The number of methoxy groups -OCH3 is 1. The molecule has 104 valence electrons. The van der Waals surface area contributed by atoms with Crippen molar-refractivity contribution >= 4 is 23.3 Å². The van der Waals surface area contributed by atoms with Crippen LogP contribution in [0.1, 0.15) is 36.0 Å². The van der Waals surface area contributed by atoms with Crippen LogP contribution in [0, 0.1) is 5.92 Å². The molecule has 0 spiro atoms. The molecule has 0 radical (unpaired) electrons. The molecule has 0 atom stereocenters. The van der Waals surface area contributed by atoms with E-state index in [4.69, 9.17) is 26.8 Å². The lowest BCUT2D eigenvalue weighted by Gasteiger charge is -2.24. The van der Waals surface area contributed by atoms with Crippen LogP contribution in [-0.4, -0.2) is 19.7 Å². The highest BCUT2D eigenvalue weighted by Gasteiger charge is 2.19. The largest absolute Gasteiger partial charge is 0.496 e. The van der Waals surface area contributed by atoms with Crippen molar-refractivity contribution in [2.24, 2.45) is 5.92 Å². The predicted molar refractivity (Wildman–Crippen MR) is 74.7 cm³/mol. The molecule has 1 aliphatic carbocycles. The summed E-state index contributed by atoms with van der Waals surface area (Å²) in [5.74, 6) is 0.679. The molecule has 4 nitrogen and oxygen atoms in total. The normalized spacial score (nSPS) is 14.8. The third-order valence-electron chi connectivity index (χ3n) is 3.52. The monoisotopic (exact) mass is 283 g/mol. The Morgan fingerprint density at radius 2 is 2.21 bits per heavy atom. The minimum atomic E-state index is -0.418. The van der Waals surface area contributed by atoms with Crippen LogP contribution in [0.5, 0.6) is 5.75 Å². The van der Waals surface area contributed by atoms with Crippen LogP contribution in [-0.2, 0) is 4.74 Å². The number of hydrogen-bond acceptors (Lipinski definition) is 4. The molecule has 1 aromatic rings. The van der Waals surface area contributed by atoms with Gasteiger partial charge in [-0.15, -0.1) is 0 Å². The van der Waals surface area contributed by atoms with Gasteiger partial charge in [-0.1, -0.05) is 30.9 Å². The molecule has 1 fully saturated rings. The minimum absolute atomic E-state index is 0.315. The van der Waals surface area contributed by atoms with E-state index >= 15 is 0 Å². The highest BCUT2D eigenvalue weighted by atomic mass is 35.5. The Bertz CT molecular complexity index is 472. The first kappa shape index (κ1) is 14.0. The Kier molecular flexibility index (Phi) is 4.53. The number of anilines is 1. The summed E-state index contributed by atoms with van der Waals surface area (Å²) in [4.78, 5) is 12.0. The highest BCUT2D eigenvalue weighted by molar-refractivity contribution is 6.33. The van der Waals surface area contributed by atoms with Gasteiger partial charge in [-0.05, 0) is 18.4 Å². The van der Waals surface area contributed by atoms with E-state index in [0.29, 0.717) is 34.5 Å². The van der Waals surface area contributed by atoms with Gasteiger partial charge in [0.15, 0.2) is 0 Å². The van der Waals surface area contributed by atoms with Gasteiger partial charge in [0.25, 0.3) is 0 Å². The molecule has 0 aromatic heterocycles. The maximum absolute atomic E-state index is 12.0. The van der Waals surface area contributed by atoms with E-state index in [0.717, 1.165) is 6.42 Å². The number of halogens is 1. The second kappa shape index (κ2) is 6.15. The van der Waals surface area contributed by atoms with Gasteiger partial charge in [-0.2, -0.15) is 0 Å². The number of ether oxygens (including phenoxy) is 2. The van der Waals surface area contributed by atoms with Gasteiger partial charge in [0.1, 0.15) is 11.3 Å². The summed E-state index contributed by atoms with van der Waals surface area (Å²) in [6, 6.07) is 3.02. The third kappa shape index (κ3) is 3.32. The van der Waals surface area contributed by atoms with Crippen molar-refractivity contribution in [2.75, 3.05) is 19.5 Å². The second-order valence-corrected chi connectivity index (χ2v) is 5.20. The average molecular weight is 284 g/mol. The smallest absolute Gasteiger partial charge is 0.341 e. The zero-order valence-electron chi connectivity index (χ0n) is 10.9. The topological polar surface area (TPSA) is 61.5 Å². The fourth-order valence-corrected chi connectivity index (χ4v) is 2.24. The van der Waals surface area contributed by atoms with Crippen molar-refractivity contribution in [3.63, 3.8) is 0 Å². The lowest BCUT2D eigenvalue weighted by atomic mass is 9.83. The fourth-order valence-electron chi connectivity index (χ4n) is 2.08. The average Bonchev–Trinajstić information content (AvgIpc) is 2.34. The van der Waals surface area contributed by atoms with Crippen LogP contribution in [0.3, 0.4) is 0 Å². The number of nitrogens with two attached hydrogens (primary N) is 1. The Morgan fingerprint density at radius 1 is 1.47 bits per heavy atom. The number of hydrogen-bond donors (Lipinski definition) is 1. The van der Waals surface area contributed by atoms with E-state index in [9.17, 15) is 4.79 Å². The van der Waals surface area contributed by atoms with Gasteiger partial charge in [0.05, 0.1) is 24.4 Å². The molecule has 0 bridgehead atoms. The van der Waals surface area contributed by atoms with E-state index in [1.807, 2.05) is 0 Å². The first-order valence-electron chi connectivity index (χ1n) is 6.42. The molecule has 0 aliphatic heterocycles. The molecule has 2 rings (SSSR count). The summed E-state index contributed by atoms with van der Waals surface area (Å²) in [6.45, 7) is 0.439. The van der Waals surface area contributed by atoms with E-state index in [2.05, 4.69) is 0 Å². The molecule has 19 heavy (non-hydrogen) atoms. The summed E-state index contributed by atoms with van der Waals surface area (Å²) in [7, 11) is 1.48. The number of rotatable bonds is 5. The number of benzene rings is 1. The van der Waals surface area contributed by atoms with Crippen LogP contribution in [0.4, 0.5) is 5.69 Å². The Hall–Kier alpha value is -1.42. The maximum atomic E-state index is 12.0. The van der Waals surface area contributed by atoms with E-state index in [1.54, 1.807) is 0 Å². The third-order valence-corrected chi connectivity index (χ3v) is 3.85. The van der Waals surface area contributed by atoms with Crippen LogP contribution in [0.2, 0.25) is 5.02 Å². The Labute approximate surface area is 117 Å². The summed E-state index contributed by atoms with van der Waals surface area (Å²) < 4.78 is 10.4. The zero-order chi connectivity index (χ0) is 13.8. The van der Waals surface area contributed by atoms with Crippen LogP contribution in [0.25, 0.3) is 0 Å². The van der Waals surface area contributed by atoms with Crippen molar-refractivity contribution in [3.05, 3.63) is 22.7 Å². The molecular weight excluding hydrogens is 266 g/mol. The van der Waals surface area contributed by atoms with Crippen LogP contribution in [0.15, 0.2) is 12.1 Å². The quantitative estimate of drug-likeness (QED) is 0.665. The molecule has 0 amide bonds. The van der Waals surface area contributed by atoms with Crippen LogP contribution < -0.4 is 10.5 Å². The molecule has 0 unspecified atom stereocenters. The Morgan fingerprint density at radius 3 is 2.79 bits per heavy atom. The lowest BCUT2D eigenvalue weighted by molar-refractivity contribution is 0.0461. The van der Waals surface area contributed by atoms with Gasteiger partial charge >= 0.3 is 5.97 Å². The SMILES string of the molecule is COc1cc(N)c(Cl)cc1C(=O)OCCC1CCC1. The number of carbonyl (C=O) groups is 1.